The van der Waals surface area contributed by atoms with Gasteiger partial charge in [-0.2, -0.15) is 16.7 Å². The highest BCUT2D eigenvalue weighted by Crippen LogP contribution is 2.39. The third-order valence-corrected chi connectivity index (χ3v) is 4.55. The quantitative estimate of drug-likeness (QED) is 0.937. The normalized spacial score (nSPS) is 18.1. The first kappa shape index (κ1) is 14.0. The number of benzene rings is 1. The van der Waals surface area contributed by atoms with Crippen LogP contribution < -0.4 is 0 Å². The van der Waals surface area contributed by atoms with E-state index in [0.29, 0.717) is 11.9 Å². The van der Waals surface area contributed by atoms with E-state index < -0.39 is 23.2 Å². The minimum atomic E-state index is -1.39. The third-order valence-electron chi connectivity index (χ3n) is 3.18. The van der Waals surface area contributed by atoms with Gasteiger partial charge in [-0.1, -0.05) is 5.16 Å². The highest BCUT2D eigenvalue weighted by Gasteiger charge is 2.25. The average molecular weight is 312 g/mol. The molecule has 1 aromatic heterocycles. The van der Waals surface area contributed by atoms with Crippen LogP contribution in [0.2, 0.25) is 0 Å². The largest absolute Gasteiger partial charge is 0.478 e. The van der Waals surface area contributed by atoms with Crippen molar-refractivity contribution in [1.29, 1.82) is 0 Å². The number of hydrogen-bond donors (Lipinski definition) is 1. The van der Waals surface area contributed by atoms with Crippen molar-refractivity contribution in [3.63, 3.8) is 0 Å². The molecule has 1 aliphatic heterocycles. The second kappa shape index (κ2) is 5.44. The molecule has 1 saturated heterocycles. The molecular formula is C13H10F2N2O3S. The lowest BCUT2D eigenvalue weighted by Gasteiger charge is -2.03. The summed E-state index contributed by atoms with van der Waals surface area (Å²) in [4.78, 5) is 15.3. The van der Waals surface area contributed by atoms with Crippen molar-refractivity contribution in [2.45, 2.75) is 18.1 Å². The molecule has 2 heterocycles. The molecule has 0 amide bonds. The molecule has 1 N–H and O–H groups in total. The van der Waals surface area contributed by atoms with E-state index in [1.54, 1.807) is 11.8 Å². The Morgan fingerprint density at radius 2 is 2.14 bits per heavy atom. The van der Waals surface area contributed by atoms with Crippen LogP contribution in [0.25, 0.3) is 11.5 Å². The van der Waals surface area contributed by atoms with E-state index in [2.05, 4.69) is 10.1 Å². The van der Waals surface area contributed by atoms with E-state index in [1.807, 2.05) is 0 Å². The highest BCUT2D eigenvalue weighted by atomic mass is 32.2. The smallest absolute Gasteiger partial charge is 0.336 e. The topological polar surface area (TPSA) is 76.2 Å². The number of hydrogen-bond acceptors (Lipinski definition) is 5. The summed E-state index contributed by atoms with van der Waals surface area (Å²) in [7, 11) is 0. The van der Waals surface area contributed by atoms with Crippen molar-refractivity contribution >= 4 is 17.7 Å². The zero-order valence-electron chi connectivity index (χ0n) is 10.7. The van der Waals surface area contributed by atoms with Gasteiger partial charge in [-0.05, 0) is 30.7 Å². The Hall–Kier alpha value is -1.96. The summed E-state index contributed by atoms with van der Waals surface area (Å²) in [6, 6.07) is 1.37. The molecule has 1 atom stereocenters. The van der Waals surface area contributed by atoms with Crippen molar-refractivity contribution in [3.05, 3.63) is 35.2 Å². The predicted molar refractivity (Wildman–Crippen MR) is 71.0 cm³/mol. The lowest BCUT2D eigenvalue weighted by Crippen LogP contribution is -2.02. The van der Waals surface area contributed by atoms with Gasteiger partial charge in [0, 0.05) is 0 Å². The number of carbonyl (C=O) groups is 1. The van der Waals surface area contributed by atoms with Gasteiger partial charge in [0.1, 0.15) is 0 Å². The molecule has 1 unspecified atom stereocenters. The van der Waals surface area contributed by atoms with Crippen LogP contribution in [0.3, 0.4) is 0 Å². The first-order chi connectivity index (χ1) is 10.1. The third kappa shape index (κ3) is 2.63. The van der Waals surface area contributed by atoms with E-state index in [1.165, 1.54) is 0 Å². The van der Waals surface area contributed by atoms with E-state index in [4.69, 9.17) is 9.63 Å². The summed E-state index contributed by atoms with van der Waals surface area (Å²) in [5.74, 6) is -2.45. The molecule has 1 aliphatic rings. The van der Waals surface area contributed by atoms with Crippen LogP contribution in [0.1, 0.15) is 34.3 Å². The SMILES string of the molecule is O=C(O)c1cc(F)c(F)cc1-c1nc(C2CCCS2)no1. The number of carboxylic acids is 1. The van der Waals surface area contributed by atoms with Crippen molar-refractivity contribution in [1.82, 2.24) is 10.1 Å². The van der Waals surface area contributed by atoms with E-state index >= 15 is 0 Å². The van der Waals surface area contributed by atoms with Crippen molar-refractivity contribution in [3.8, 4) is 11.5 Å². The summed E-state index contributed by atoms with van der Waals surface area (Å²) in [5.41, 5.74) is -0.536. The Morgan fingerprint density at radius 3 is 2.81 bits per heavy atom. The number of halogens is 2. The molecule has 0 aliphatic carbocycles. The van der Waals surface area contributed by atoms with Crippen LogP contribution in [0.5, 0.6) is 0 Å². The fourth-order valence-electron chi connectivity index (χ4n) is 2.16. The van der Waals surface area contributed by atoms with Gasteiger partial charge in [-0.3, -0.25) is 0 Å². The maximum absolute atomic E-state index is 13.4. The lowest BCUT2D eigenvalue weighted by atomic mass is 10.1. The summed E-state index contributed by atoms with van der Waals surface area (Å²) in [6.07, 6.45) is 1.96. The highest BCUT2D eigenvalue weighted by molar-refractivity contribution is 7.99. The molecule has 1 aromatic carbocycles. The second-order valence-electron chi connectivity index (χ2n) is 4.58. The zero-order chi connectivity index (χ0) is 15.0. The first-order valence-corrected chi connectivity index (χ1v) is 7.29. The fraction of sp³-hybridized carbons (Fsp3) is 0.308. The maximum Gasteiger partial charge on any atom is 0.336 e. The van der Waals surface area contributed by atoms with Crippen LogP contribution in [-0.2, 0) is 0 Å². The molecule has 110 valence electrons. The Labute approximate surface area is 122 Å². The predicted octanol–water partition coefficient (Wildman–Crippen LogP) is 3.28. The molecule has 21 heavy (non-hydrogen) atoms. The Kier molecular flexibility index (Phi) is 3.62. The number of nitrogens with zero attached hydrogens (tertiary/aromatic N) is 2. The van der Waals surface area contributed by atoms with Crippen LogP contribution in [0, 0.1) is 11.6 Å². The standard InChI is InChI=1S/C13H10F2N2O3S/c14-8-4-6(7(13(18)19)5-9(8)15)12-16-11(17-20-12)10-2-1-3-21-10/h4-5,10H,1-3H2,(H,18,19). The van der Waals surface area contributed by atoms with Gasteiger partial charge in [0.25, 0.3) is 5.89 Å². The molecule has 8 heteroatoms. The van der Waals surface area contributed by atoms with Crippen molar-refractivity contribution in [2.75, 3.05) is 5.75 Å². The van der Waals surface area contributed by atoms with Crippen LogP contribution in [0.15, 0.2) is 16.7 Å². The van der Waals surface area contributed by atoms with Crippen molar-refractivity contribution in [2.24, 2.45) is 0 Å². The molecule has 0 spiro atoms. The van der Waals surface area contributed by atoms with Gasteiger partial charge in [-0.15, -0.1) is 0 Å². The zero-order valence-corrected chi connectivity index (χ0v) is 11.5. The Balaban J connectivity index is 2.03. The van der Waals surface area contributed by atoms with Crippen LogP contribution in [0.4, 0.5) is 8.78 Å². The molecule has 0 saturated carbocycles. The Bertz CT molecular complexity index is 699. The van der Waals surface area contributed by atoms with Gasteiger partial charge < -0.3 is 9.63 Å². The minimum Gasteiger partial charge on any atom is -0.478 e. The lowest BCUT2D eigenvalue weighted by molar-refractivity contribution is 0.0696. The summed E-state index contributed by atoms with van der Waals surface area (Å²) in [6.45, 7) is 0. The molecule has 1 fully saturated rings. The summed E-state index contributed by atoms with van der Waals surface area (Å²) >= 11 is 1.68. The van der Waals surface area contributed by atoms with Crippen molar-refractivity contribution < 1.29 is 23.2 Å². The van der Waals surface area contributed by atoms with Crippen LogP contribution in [-0.4, -0.2) is 27.0 Å². The molecule has 0 bridgehead atoms. The number of aromatic carboxylic acids is 1. The molecule has 3 rings (SSSR count). The van der Waals surface area contributed by atoms with E-state index in [9.17, 15) is 13.6 Å². The van der Waals surface area contributed by atoms with Gasteiger partial charge >= 0.3 is 5.97 Å². The monoisotopic (exact) mass is 312 g/mol. The van der Waals surface area contributed by atoms with Crippen LogP contribution >= 0.6 is 11.8 Å². The maximum atomic E-state index is 13.4. The first-order valence-electron chi connectivity index (χ1n) is 6.24. The number of rotatable bonds is 3. The minimum absolute atomic E-state index is 0.0982. The number of carboxylic acid groups (broad SMARTS) is 1. The molecule has 5 nitrogen and oxygen atoms in total. The van der Waals surface area contributed by atoms with Gasteiger partial charge in [0.2, 0.25) is 0 Å². The molecule has 0 radical (unpaired) electrons. The van der Waals surface area contributed by atoms with Gasteiger partial charge in [0.05, 0.1) is 16.4 Å². The molecular weight excluding hydrogens is 302 g/mol. The average Bonchev–Trinajstić information content (AvgIpc) is 3.10. The van der Waals surface area contributed by atoms with E-state index in [0.717, 1.165) is 24.7 Å². The van der Waals surface area contributed by atoms with Gasteiger partial charge in [0.15, 0.2) is 17.5 Å². The molecule has 2 aromatic rings. The number of aromatic nitrogens is 2. The fourth-order valence-corrected chi connectivity index (χ4v) is 3.35. The number of thioether (sulfide) groups is 1. The summed E-state index contributed by atoms with van der Waals surface area (Å²) < 4.78 is 31.6. The second-order valence-corrected chi connectivity index (χ2v) is 5.89. The van der Waals surface area contributed by atoms with E-state index in [-0.39, 0.29) is 16.7 Å². The van der Waals surface area contributed by atoms with Gasteiger partial charge in [-0.25, -0.2) is 13.6 Å². The summed E-state index contributed by atoms with van der Waals surface area (Å²) in [5, 5.41) is 13.0. The Morgan fingerprint density at radius 1 is 1.38 bits per heavy atom.